The van der Waals surface area contributed by atoms with Gasteiger partial charge in [0, 0.05) is 35.4 Å². The molecule has 1 atom stereocenters. The molecule has 3 nitrogen and oxygen atoms in total. The number of hydrogen-bond acceptors (Lipinski definition) is 3. The van der Waals surface area contributed by atoms with Gasteiger partial charge in [-0.25, -0.2) is 0 Å². The van der Waals surface area contributed by atoms with Crippen LogP contribution < -0.4 is 4.90 Å². The SMILES string of the molecule is COCCN(c1cc(Br)ccc1C(C)O)C1CC1. The zero-order valence-electron chi connectivity index (χ0n) is 10.9. The van der Waals surface area contributed by atoms with Crippen molar-refractivity contribution in [1.29, 1.82) is 0 Å². The number of aliphatic hydroxyl groups is 1. The summed E-state index contributed by atoms with van der Waals surface area (Å²) in [6, 6.07) is 6.67. The minimum Gasteiger partial charge on any atom is -0.389 e. The number of hydrogen-bond donors (Lipinski definition) is 1. The maximum atomic E-state index is 9.90. The Morgan fingerprint density at radius 1 is 1.50 bits per heavy atom. The minimum atomic E-state index is -0.447. The first-order valence-electron chi connectivity index (χ1n) is 6.36. The van der Waals surface area contributed by atoms with Crippen LogP contribution in [0.3, 0.4) is 0 Å². The van der Waals surface area contributed by atoms with Crippen LogP contribution in [0.5, 0.6) is 0 Å². The van der Waals surface area contributed by atoms with Crippen molar-refractivity contribution in [2.45, 2.75) is 31.9 Å². The first-order valence-corrected chi connectivity index (χ1v) is 7.16. The molecule has 0 aromatic heterocycles. The minimum absolute atomic E-state index is 0.447. The molecular weight excluding hydrogens is 294 g/mol. The van der Waals surface area contributed by atoms with Gasteiger partial charge in [-0.05, 0) is 31.9 Å². The van der Waals surface area contributed by atoms with E-state index in [1.54, 1.807) is 7.11 Å². The Balaban J connectivity index is 2.29. The van der Waals surface area contributed by atoms with Crippen LogP contribution in [0.4, 0.5) is 5.69 Å². The number of nitrogens with zero attached hydrogens (tertiary/aromatic N) is 1. The molecule has 1 N–H and O–H groups in total. The maximum absolute atomic E-state index is 9.90. The van der Waals surface area contributed by atoms with Gasteiger partial charge in [-0.1, -0.05) is 22.0 Å². The van der Waals surface area contributed by atoms with Crippen LogP contribution in [0.2, 0.25) is 0 Å². The second kappa shape index (κ2) is 6.04. The van der Waals surface area contributed by atoms with Gasteiger partial charge in [0.2, 0.25) is 0 Å². The fraction of sp³-hybridized carbons (Fsp3) is 0.571. The summed E-state index contributed by atoms with van der Waals surface area (Å²) in [5.41, 5.74) is 2.11. The molecule has 4 heteroatoms. The predicted octanol–water partition coefficient (Wildman–Crippen LogP) is 3.12. The third-order valence-corrected chi connectivity index (χ3v) is 3.77. The summed E-state index contributed by atoms with van der Waals surface area (Å²) in [6.45, 7) is 3.40. The second-order valence-electron chi connectivity index (χ2n) is 4.80. The van der Waals surface area contributed by atoms with Crippen LogP contribution >= 0.6 is 15.9 Å². The highest BCUT2D eigenvalue weighted by Gasteiger charge is 2.30. The molecule has 0 spiro atoms. The molecule has 0 aliphatic heterocycles. The summed E-state index contributed by atoms with van der Waals surface area (Å²) in [7, 11) is 1.72. The number of ether oxygens (including phenoxy) is 1. The lowest BCUT2D eigenvalue weighted by Gasteiger charge is -2.28. The maximum Gasteiger partial charge on any atom is 0.0782 e. The van der Waals surface area contributed by atoms with Gasteiger partial charge in [0.1, 0.15) is 0 Å². The molecule has 0 saturated heterocycles. The van der Waals surface area contributed by atoms with E-state index in [1.807, 2.05) is 19.1 Å². The molecule has 1 saturated carbocycles. The molecule has 0 amide bonds. The van der Waals surface area contributed by atoms with Crippen molar-refractivity contribution in [3.63, 3.8) is 0 Å². The Morgan fingerprint density at radius 3 is 2.78 bits per heavy atom. The van der Waals surface area contributed by atoms with Crippen LogP contribution in [0.15, 0.2) is 22.7 Å². The predicted molar refractivity (Wildman–Crippen MR) is 77.0 cm³/mol. The van der Waals surface area contributed by atoms with E-state index in [-0.39, 0.29) is 0 Å². The van der Waals surface area contributed by atoms with Gasteiger partial charge in [0.05, 0.1) is 12.7 Å². The molecule has 18 heavy (non-hydrogen) atoms. The average Bonchev–Trinajstić information content (AvgIpc) is 3.13. The van der Waals surface area contributed by atoms with Crippen molar-refractivity contribution in [1.82, 2.24) is 0 Å². The quantitative estimate of drug-likeness (QED) is 0.876. The van der Waals surface area contributed by atoms with Crippen molar-refractivity contribution in [2.75, 3.05) is 25.2 Å². The van der Waals surface area contributed by atoms with Gasteiger partial charge in [-0.3, -0.25) is 0 Å². The van der Waals surface area contributed by atoms with Crippen molar-refractivity contribution < 1.29 is 9.84 Å². The molecule has 1 fully saturated rings. The molecule has 1 unspecified atom stereocenters. The van der Waals surface area contributed by atoms with Crippen LogP contribution in [-0.4, -0.2) is 31.4 Å². The number of methoxy groups -OCH3 is 1. The van der Waals surface area contributed by atoms with Gasteiger partial charge in [-0.15, -0.1) is 0 Å². The van der Waals surface area contributed by atoms with Crippen molar-refractivity contribution >= 4 is 21.6 Å². The van der Waals surface area contributed by atoms with Crippen molar-refractivity contribution in [3.8, 4) is 0 Å². The third kappa shape index (κ3) is 3.25. The van der Waals surface area contributed by atoms with Crippen LogP contribution in [0.1, 0.15) is 31.4 Å². The molecule has 2 rings (SSSR count). The fourth-order valence-corrected chi connectivity index (χ4v) is 2.54. The molecule has 1 aromatic carbocycles. The Kier molecular flexibility index (Phi) is 4.65. The topological polar surface area (TPSA) is 32.7 Å². The summed E-state index contributed by atoms with van der Waals surface area (Å²) >= 11 is 3.51. The normalized spacial score (nSPS) is 16.7. The van der Waals surface area contributed by atoms with Crippen LogP contribution in [0.25, 0.3) is 0 Å². The molecule has 0 bridgehead atoms. The van der Waals surface area contributed by atoms with E-state index in [9.17, 15) is 5.11 Å². The highest BCUT2D eigenvalue weighted by atomic mass is 79.9. The Bertz CT molecular complexity index is 405. The Labute approximate surface area is 117 Å². The Morgan fingerprint density at radius 2 is 2.22 bits per heavy atom. The lowest BCUT2D eigenvalue weighted by Crippen LogP contribution is -2.30. The van der Waals surface area contributed by atoms with E-state index in [2.05, 4.69) is 26.9 Å². The summed E-state index contributed by atoms with van der Waals surface area (Å²) in [4.78, 5) is 2.36. The van der Waals surface area contributed by atoms with Gasteiger partial charge in [0.25, 0.3) is 0 Å². The number of rotatable bonds is 6. The van der Waals surface area contributed by atoms with E-state index < -0.39 is 6.10 Å². The van der Waals surface area contributed by atoms with E-state index >= 15 is 0 Å². The monoisotopic (exact) mass is 313 g/mol. The number of anilines is 1. The van der Waals surface area contributed by atoms with E-state index in [0.717, 1.165) is 22.3 Å². The van der Waals surface area contributed by atoms with E-state index in [4.69, 9.17) is 4.74 Å². The van der Waals surface area contributed by atoms with E-state index in [0.29, 0.717) is 12.6 Å². The molecule has 1 aliphatic rings. The smallest absolute Gasteiger partial charge is 0.0782 e. The second-order valence-corrected chi connectivity index (χ2v) is 5.71. The fourth-order valence-electron chi connectivity index (χ4n) is 2.19. The van der Waals surface area contributed by atoms with E-state index in [1.165, 1.54) is 12.8 Å². The zero-order valence-corrected chi connectivity index (χ0v) is 12.5. The Hall–Kier alpha value is -0.580. The van der Waals surface area contributed by atoms with Gasteiger partial charge < -0.3 is 14.7 Å². The molecular formula is C14H20BrNO2. The molecule has 1 aliphatic carbocycles. The van der Waals surface area contributed by atoms with Crippen LogP contribution in [-0.2, 0) is 4.74 Å². The first-order chi connectivity index (χ1) is 8.63. The number of benzene rings is 1. The summed E-state index contributed by atoms with van der Waals surface area (Å²) in [5.74, 6) is 0. The number of halogens is 1. The molecule has 0 heterocycles. The standard InChI is InChI=1S/C14H20BrNO2/c1-10(17)13-6-3-11(15)9-14(13)16(7-8-18-2)12-4-5-12/h3,6,9-10,12,17H,4-5,7-8H2,1-2H3. The average molecular weight is 314 g/mol. The van der Waals surface area contributed by atoms with Gasteiger partial charge >= 0.3 is 0 Å². The zero-order chi connectivity index (χ0) is 13.1. The third-order valence-electron chi connectivity index (χ3n) is 3.28. The molecule has 0 radical (unpaired) electrons. The van der Waals surface area contributed by atoms with Crippen LogP contribution in [0, 0.1) is 0 Å². The van der Waals surface area contributed by atoms with Crippen molar-refractivity contribution in [2.24, 2.45) is 0 Å². The lowest BCUT2D eigenvalue weighted by molar-refractivity contribution is 0.197. The largest absolute Gasteiger partial charge is 0.389 e. The molecule has 1 aromatic rings. The highest BCUT2D eigenvalue weighted by molar-refractivity contribution is 9.10. The van der Waals surface area contributed by atoms with Gasteiger partial charge in [0.15, 0.2) is 0 Å². The summed E-state index contributed by atoms with van der Waals surface area (Å²) < 4.78 is 6.23. The van der Waals surface area contributed by atoms with Gasteiger partial charge in [-0.2, -0.15) is 0 Å². The molecule has 100 valence electrons. The summed E-state index contributed by atoms with van der Waals surface area (Å²) in [6.07, 6.45) is 2.02. The highest BCUT2D eigenvalue weighted by Crippen LogP contribution is 2.36. The first kappa shape index (κ1) is 13.8. The lowest BCUT2D eigenvalue weighted by atomic mass is 10.1. The summed E-state index contributed by atoms with van der Waals surface area (Å²) in [5, 5.41) is 9.90. The number of aliphatic hydroxyl groups excluding tert-OH is 1. The van der Waals surface area contributed by atoms with Crippen molar-refractivity contribution in [3.05, 3.63) is 28.2 Å².